The lowest BCUT2D eigenvalue weighted by Crippen LogP contribution is -2.53. The number of carbonyl (C=O) groups excluding carboxylic acids is 1. The summed E-state index contributed by atoms with van der Waals surface area (Å²) in [7, 11) is 2.00. The summed E-state index contributed by atoms with van der Waals surface area (Å²) in [6, 6.07) is 9.84. The molecular formula is C25H32N8O. The van der Waals surface area contributed by atoms with Crippen LogP contribution < -0.4 is 20.0 Å². The summed E-state index contributed by atoms with van der Waals surface area (Å²) in [5.74, 6) is 2.78. The highest BCUT2D eigenvalue weighted by molar-refractivity contribution is 6.04. The third-order valence-corrected chi connectivity index (χ3v) is 5.79. The van der Waals surface area contributed by atoms with Crippen LogP contribution in [0.15, 0.2) is 55.1 Å². The Kier molecular flexibility index (Phi) is 7.20. The van der Waals surface area contributed by atoms with Crippen molar-refractivity contribution in [3.63, 3.8) is 0 Å². The minimum Gasteiger partial charge on any atom is -0.359 e. The molecule has 1 fully saturated rings. The van der Waals surface area contributed by atoms with E-state index in [4.69, 9.17) is 0 Å². The van der Waals surface area contributed by atoms with Crippen LogP contribution in [0.3, 0.4) is 0 Å². The fourth-order valence-electron chi connectivity index (χ4n) is 4.13. The van der Waals surface area contributed by atoms with Crippen molar-refractivity contribution >= 4 is 29.2 Å². The molecule has 1 atom stereocenters. The third kappa shape index (κ3) is 5.59. The number of hydrogen-bond acceptors (Lipinski definition) is 8. The van der Waals surface area contributed by atoms with E-state index in [-0.39, 0.29) is 11.9 Å². The van der Waals surface area contributed by atoms with Crippen LogP contribution in [0.4, 0.5) is 23.3 Å². The van der Waals surface area contributed by atoms with Crippen LogP contribution in [0.25, 0.3) is 0 Å². The molecule has 4 heterocycles. The first kappa shape index (κ1) is 23.4. The Bertz CT molecular complexity index is 1070. The largest absolute Gasteiger partial charge is 0.359 e. The maximum absolute atomic E-state index is 12.6. The van der Waals surface area contributed by atoms with Gasteiger partial charge in [-0.25, -0.2) is 19.9 Å². The summed E-state index contributed by atoms with van der Waals surface area (Å²) in [5.41, 5.74) is 1.04. The number of nitrogens with zero attached hydrogens (tertiary/aromatic N) is 7. The second kappa shape index (κ2) is 10.5. The Morgan fingerprint density at radius 3 is 2.50 bits per heavy atom. The number of rotatable bonds is 7. The molecule has 0 bridgehead atoms. The number of amides is 1. The average molecular weight is 461 g/mol. The standard InChI is InChI=1S/C25H32N8O/c1-18(2)16-31(4)22-9-8-20(13-27-22)24(34)30-21-14-28-25(29-15-21)33-12-11-32(17-19(33)3)23-7-5-6-10-26-23/h5-10,13-15,18-19H,11-12,16-17H2,1-4H3,(H,30,34)/t19-/m0/s1. The summed E-state index contributed by atoms with van der Waals surface area (Å²) in [5, 5.41) is 2.86. The normalized spacial score (nSPS) is 16.0. The Balaban J connectivity index is 1.34. The SMILES string of the molecule is CC(C)CN(C)c1ccc(C(=O)Nc2cnc(N3CCN(c4ccccn4)C[C@@H]3C)nc2)cn1. The van der Waals surface area contributed by atoms with Gasteiger partial charge in [0.15, 0.2) is 0 Å². The molecule has 1 N–H and O–H groups in total. The van der Waals surface area contributed by atoms with Crippen LogP contribution in [-0.2, 0) is 0 Å². The zero-order valence-corrected chi connectivity index (χ0v) is 20.2. The molecule has 0 aliphatic carbocycles. The van der Waals surface area contributed by atoms with Crippen molar-refractivity contribution in [1.29, 1.82) is 0 Å². The van der Waals surface area contributed by atoms with E-state index in [1.807, 2.05) is 37.5 Å². The summed E-state index contributed by atoms with van der Waals surface area (Å²) < 4.78 is 0. The van der Waals surface area contributed by atoms with Crippen LogP contribution in [0, 0.1) is 5.92 Å². The number of carbonyl (C=O) groups is 1. The lowest BCUT2D eigenvalue weighted by Gasteiger charge is -2.40. The van der Waals surface area contributed by atoms with Crippen molar-refractivity contribution in [2.75, 3.05) is 53.2 Å². The second-order valence-electron chi connectivity index (χ2n) is 9.08. The molecule has 34 heavy (non-hydrogen) atoms. The summed E-state index contributed by atoms with van der Waals surface area (Å²) in [6.45, 7) is 9.87. The van der Waals surface area contributed by atoms with Gasteiger partial charge in [-0.05, 0) is 37.1 Å². The van der Waals surface area contributed by atoms with E-state index in [1.54, 1.807) is 24.7 Å². The molecule has 0 radical (unpaired) electrons. The number of anilines is 4. The number of aromatic nitrogens is 4. The quantitative estimate of drug-likeness (QED) is 0.574. The van der Waals surface area contributed by atoms with Crippen molar-refractivity contribution in [3.8, 4) is 0 Å². The zero-order chi connectivity index (χ0) is 24.1. The highest BCUT2D eigenvalue weighted by atomic mass is 16.1. The van der Waals surface area contributed by atoms with Crippen molar-refractivity contribution in [3.05, 3.63) is 60.7 Å². The van der Waals surface area contributed by atoms with Gasteiger partial charge in [0.05, 0.1) is 23.6 Å². The van der Waals surface area contributed by atoms with Gasteiger partial charge in [0, 0.05) is 51.7 Å². The van der Waals surface area contributed by atoms with Gasteiger partial charge in [0.2, 0.25) is 5.95 Å². The van der Waals surface area contributed by atoms with Gasteiger partial charge in [-0.1, -0.05) is 19.9 Å². The minimum atomic E-state index is -0.237. The van der Waals surface area contributed by atoms with E-state index < -0.39 is 0 Å². The molecule has 1 saturated heterocycles. The smallest absolute Gasteiger partial charge is 0.257 e. The van der Waals surface area contributed by atoms with Crippen LogP contribution in [0.2, 0.25) is 0 Å². The fourth-order valence-corrected chi connectivity index (χ4v) is 4.13. The third-order valence-electron chi connectivity index (χ3n) is 5.79. The number of pyridine rings is 2. The zero-order valence-electron chi connectivity index (χ0n) is 20.2. The first-order valence-electron chi connectivity index (χ1n) is 11.6. The molecule has 3 aromatic heterocycles. The number of hydrogen-bond donors (Lipinski definition) is 1. The van der Waals surface area contributed by atoms with Gasteiger partial charge in [0.25, 0.3) is 5.91 Å². The molecule has 1 aliphatic rings. The molecule has 4 rings (SSSR count). The van der Waals surface area contributed by atoms with E-state index in [1.165, 1.54) is 0 Å². The molecular weight excluding hydrogens is 428 g/mol. The van der Waals surface area contributed by atoms with Crippen molar-refractivity contribution in [2.24, 2.45) is 5.92 Å². The van der Waals surface area contributed by atoms with Crippen molar-refractivity contribution < 1.29 is 4.79 Å². The highest BCUT2D eigenvalue weighted by Crippen LogP contribution is 2.21. The van der Waals surface area contributed by atoms with Crippen LogP contribution in [0.5, 0.6) is 0 Å². The Hall–Kier alpha value is -3.75. The summed E-state index contributed by atoms with van der Waals surface area (Å²) in [4.78, 5) is 37.1. The van der Waals surface area contributed by atoms with Gasteiger partial charge >= 0.3 is 0 Å². The van der Waals surface area contributed by atoms with Crippen molar-refractivity contribution in [1.82, 2.24) is 19.9 Å². The highest BCUT2D eigenvalue weighted by Gasteiger charge is 2.26. The first-order valence-corrected chi connectivity index (χ1v) is 11.6. The minimum absolute atomic E-state index is 0.231. The van der Waals surface area contributed by atoms with E-state index >= 15 is 0 Å². The van der Waals surface area contributed by atoms with Crippen LogP contribution in [-0.4, -0.2) is 65.1 Å². The fraction of sp³-hybridized carbons (Fsp3) is 0.400. The number of piperazine rings is 1. The topological polar surface area (TPSA) is 90.4 Å². The lowest BCUT2D eigenvalue weighted by molar-refractivity contribution is 0.102. The van der Waals surface area contributed by atoms with Crippen molar-refractivity contribution in [2.45, 2.75) is 26.8 Å². The Labute approximate surface area is 200 Å². The van der Waals surface area contributed by atoms with E-state index in [0.717, 1.165) is 37.8 Å². The Morgan fingerprint density at radius 1 is 1.09 bits per heavy atom. The maximum Gasteiger partial charge on any atom is 0.257 e. The molecule has 0 saturated carbocycles. The molecule has 178 valence electrons. The average Bonchev–Trinajstić information content (AvgIpc) is 2.85. The summed E-state index contributed by atoms with van der Waals surface area (Å²) >= 11 is 0. The molecule has 1 aliphatic heterocycles. The van der Waals surface area contributed by atoms with E-state index in [2.05, 4.69) is 60.7 Å². The number of nitrogens with one attached hydrogen (secondary N) is 1. The van der Waals surface area contributed by atoms with Gasteiger partial charge < -0.3 is 20.0 Å². The second-order valence-corrected chi connectivity index (χ2v) is 9.08. The molecule has 0 aromatic carbocycles. The molecule has 9 heteroatoms. The van der Waals surface area contributed by atoms with Gasteiger partial charge in [-0.15, -0.1) is 0 Å². The predicted molar refractivity (Wildman–Crippen MR) is 136 cm³/mol. The molecule has 0 spiro atoms. The van der Waals surface area contributed by atoms with Crippen LogP contribution in [0.1, 0.15) is 31.1 Å². The molecule has 0 unspecified atom stereocenters. The maximum atomic E-state index is 12.6. The van der Waals surface area contributed by atoms with Gasteiger partial charge in [0.1, 0.15) is 11.6 Å². The van der Waals surface area contributed by atoms with E-state index in [0.29, 0.717) is 23.1 Å². The predicted octanol–water partition coefficient (Wildman–Crippen LogP) is 3.33. The van der Waals surface area contributed by atoms with E-state index in [9.17, 15) is 4.79 Å². The van der Waals surface area contributed by atoms with Gasteiger partial charge in [-0.2, -0.15) is 0 Å². The lowest BCUT2D eigenvalue weighted by atomic mass is 10.2. The molecule has 3 aromatic rings. The summed E-state index contributed by atoms with van der Waals surface area (Å²) in [6.07, 6.45) is 6.71. The Morgan fingerprint density at radius 2 is 1.88 bits per heavy atom. The molecule has 9 nitrogen and oxygen atoms in total. The van der Waals surface area contributed by atoms with Crippen LogP contribution >= 0.6 is 0 Å². The monoisotopic (exact) mass is 460 g/mol. The molecule has 1 amide bonds. The first-order chi connectivity index (χ1) is 16.4. The van der Waals surface area contributed by atoms with Gasteiger partial charge in [-0.3, -0.25) is 4.79 Å².